The van der Waals surface area contributed by atoms with Crippen LogP contribution >= 0.6 is 0 Å². The van der Waals surface area contributed by atoms with Crippen molar-refractivity contribution < 1.29 is 14.6 Å². The number of phenols is 1. The van der Waals surface area contributed by atoms with E-state index < -0.39 is 12.1 Å². The average molecular weight is 275 g/mol. The highest BCUT2D eigenvalue weighted by molar-refractivity contribution is 5.82. The van der Waals surface area contributed by atoms with Crippen molar-refractivity contribution in [3.05, 3.63) is 29.8 Å². The van der Waals surface area contributed by atoms with Gasteiger partial charge in [0.15, 0.2) is 6.10 Å². The quantitative estimate of drug-likeness (QED) is 0.809. The van der Waals surface area contributed by atoms with Crippen LogP contribution < -0.4 is 5.73 Å². The maximum atomic E-state index is 12.2. The van der Waals surface area contributed by atoms with Crippen molar-refractivity contribution in [3.63, 3.8) is 0 Å². The predicted molar refractivity (Wildman–Crippen MR) is 71.7 cm³/mol. The van der Waals surface area contributed by atoms with E-state index in [1.165, 1.54) is 0 Å². The Kier molecular flexibility index (Phi) is 4.56. The normalized spacial score (nSPS) is 20.2. The van der Waals surface area contributed by atoms with E-state index in [4.69, 9.17) is 15.7 Å². The van der Waals surface area contributed by atoms with Crippen LogP contribution in [0.3, 0.4) is 0 Å². The molecule has 6 nitrogen and oxygen atoms in total. The molecule has 1 aliphatic heterocycles. The summed E-state index contributed by atoms with van der Waals surface area (Å²) in [4.78, 5) is 13.8. The highest BCUT2D eigenvalue weighted by Crippen LogP contribution is 2.12. The van der Waals surface area contributed by atoms with Crippen LogP contribution in [0.15, 0.2) is 24.3 Å². The lowest BCUT2D eigenvalue weighted by Crippen LogP contribution is -2.51. The molecule has 6 heteroatoms. The molecule has 1 aromatic rings. The van der Waals surface area contributed by atoms with E-state index in [0.717, 1.165) is 5.56 Å². The molecule has 0 aromatic heterocycles. The lowest BCUT2D eigenvalue weighted by atomic mass is 10.0. The number of morpholine rings is 1. The minimum atomic E-state index is -0.656. The number of hydrogen-bond donors (Lipinski definition) is 2. The Bertz CT molecular complexity index is 509. The van der Waals surface area contributed by atoms with E-state index in [9.17, 15) is 9.90 Å². The minimum Gasteiger partial charge on any atom is -0.508 e. The van der Waals surface area contributed by atoms with Gasteiger partial charge in [0.2, 0.25) is 5.91 Å². The highest BCUT2D eigenvalue weighted by atomic mass is 16.5. The SMILES string of the molecule is N#CC1CN(C(=O)C(N)Cc2ccc(O)cc2)CCO1. The molecule has 0 aliphatic carbocycles. The van der Waals surface area contributed by atoms with Gasteiger partial charge in [-0.1, -0.05) is 12.1 Å². The number of aromatic hydroxyl groups is 1. The minimum absolute atomic E-state index is 0.179. The van der Waals surface area contributed by atoms with Gasteiger partial charge in [-0.2, -0.15) is 5.26 Å². The van der Waals surface area contributed by atoms with Crippen LogP contribution in [-0.2, 0) is 16.0 Å². The second-order valence-electron chi connectivity index (χ2n) is 4.75. The molecule has 1 fully saturated rings. The van der Waals surface area contributed by atoms with Crippen LogP contribution in [0.1, 0.15) is 5.56 Å². The first-order chi connectivity index (χ1) is 9.60. The van der Waals surface area contributed by atoms with Crippen LogP contribution in [0.5, 0.6) is 5.75 Å². The summed E-state index contributed by atoms with van der Waals surface area (Å²) in [6.45, 7) is 1.08. The molecular weight excluding hydrogens is 258 g/mol. The largest absolute Gasteiger partial charge is 0.508 e. The number of nitrogens with zero attached hydrogens (tertiary/aromatic N) is 2. The van der Waals surface area contributed by atoms with Gasteiger partial charge < -0.3 is 20.5 Å². The van der Waals surface area contributed by atoms with Crippen LogP contribution in [0.2, 0.25) is 0 Å². The number of phenolic OH excluding ortho intramolecular Hbond substituents is 1. The summed E-state index contributed by atoms with van der Waals surface area (Å²) in [5, 5.41) is 18.0. The maximum Gasteiger partial charge on any atom is 0.240 e. The molecule has 2 rings (SSSR count). The van der Waals surface area contributed by atoms with E-state index >= 15 is 0 Å². The van der Waals surface area contributed by atoms with Crippen molar-refractivity contribution in [2.75, 3.05) is 19.7 Å². The second-order valence-corrected chi connectivity index (χ2v) is 4.75. The third kappa shape index (κ3) is 3.47. The van der Waals surface area contributed by atoms with Gasteiger partial charge in [-0.15, -0.1) is 0 Å². The maximum absolute atomic E-state index is 12.2. The summed E-state index contributed by atoms with van der Waals surface area (Å²) in [5.41, 5.74) is 6.81. The predicted octanol–water partition coefficient (Wildman–Crippen LogP) is 0.0130. The first-order valence-electron chi connectivity index (χ1n) is 6.43. The van der Waals surface area contributed by atoms with E-state index in [1.807, 2.05) is 6.07 Å². The third-order valence-electron chi connectivity index (χ3n) is 3.23. The topological polar surface area (TPSA) is 99.6 Å². The third-order valence-corrected chi connectivity index (χ3v) is 3.23. The van der Waals surface area contributed by atoms with Crippen LogP contribution in [0.25, 0.3) is 0 Å². The lowest BCUT2D eigenvalue weighted by molar-refractivity contribution is -0.138. The smallest absolute Gasteiger partial charge is 0.240 e. The molecule has 0 spiro atoms. The summed E-state index contributed by atoms with van der Waals surface area (Å²) in [6, 6.07) is 7.94. The van der Waals surface area contributed by atoms with Gasteiger partial charge in [0.1, 0.15) is 5.75 Å². The second kappa shape index (κ2) is 6.37. The van der Waals surface area contributed by atoms with Gasteiger partial charge >= 0.3 is 0 Å². The Balaban J connectivity index is 1.94. The summed E-state index contributed by atoms with van der Waals surface area (Å²) in [6.07, 6.45) is -0.179. The molecular formula is C14H17N3O3. The molecule has 3 N–H and O–H groups in total. The molecule has 20 heavy (non-hydrogen) atoms. The number of benzene rings is 1. The van der Waals surface area contributed by atoms with Crippen molar-refractivity contribution in [3.8, 4) is 11.8 Å². The molecule has 0 saturated carbocycles. The summed E-state index contributed by atoms with van der Waals surface area (Å²) in [5.74, 6) is 0.000291. The number of hydrogen-bond acceptors (Lipinski definition) is 5. The van der Waals surface area contributed by atoms with E-state index in [2.05, 4.69) is 0 Å². The van der Waals surface area contributed by atoms with Crippen LogP contribution in [-0.4, -0.2) is 47.8 Å². The fourth-order valence-electron chi connectivity index (χ4n) is 2.14. The van der Waals surface area contributed by atoms with Gasteiger partial charge in [-0.3, -0.25) is 4.79 Å². The lowest BCUT2D eigenvalue weighted by Gasteiger charge is -2.31. The molecule has 2 unspecified atom stereocenters. The highest BCUT2D eigenvalue weighted by Gasteiger charge is 2.27. The zero-order valence-electron chi connectivity index (χ0n) is 11.0. The molecule has 1 heterocycles. The van der Waals surface area contributed by atoms with Gasteiger partial charge in [0, 0.05) is 6.54 Å². The Labute approximate surface area is 117 Å². The zero-order chi connectivity index (χ0) is 14.5. The van der Waals surface area contributed by atoms with Crippen molar-refractivity contribution in [1.82, 2.24) is 4.90 Å². The molecule has 2 atom stereocenters. The number of rotatable bonds is 3. The summed E-state index contributed by atoms with van der Waals surface area (Å²) in [7, 11) is 0. The van der Waals surface area contributed by atoms with Crippen molar-refractivity contribution in [2.24, 2.45) is 5.73 Å². The number of nitrogens with two attached hydrogens (primary N) is 1. The van der Waals surface area contributed by atoms with Gasteiger partial charge in [0.25, 0.3) is 0 Å². The zero-order valence-corrected chi connectivity index (χ0v) is 11.0. The number of amides is 1. The molecule has 1 saturated heterocycles. The summed E-state index contributed by atoms with van der Waals surface area (Å²) < 4.78 is 5.20. The fourth-order valence-corrected chi connectivity index (χ4v) is 2.14. The molecule has 106 valence electrons. The van der Waals surface area contributed by atoms with E-state index in [1.54, 1.807) is 29.2 Å². The Hall–Kier alpha value is -2.10. The standard InChI is InChI=1S/C14H17N3O3/c15-8-12-9-17(5-6-20-12)14(19)13(16)7-10-1-3-11(18)4-2-10/h1-4,12-13,18H,5-7,9,16H2. The molecule has 0 radical (unpaired) electrons. The number of carbonyl (C=O) groups excluding carboxylic acids is 1. The molecule has 1 aromatic carbocycles. The number of nitriles is 1. The average Bonchev–Trinajstić information content (AvgIpc) is 2.48. The molecule has 1 amide bonds. The monoisotopic (exact) mass is 275 g/mol. The van der Waals surface area contributed by atoms with Crippen LogP contribution in [0, 0.1) is 11.3 Å². The van der Waals surface area contributed by atoms with Crippen molar-refractivity contribution in [2.45, 2.75) is 18.6 Å². The van der Waals surface area contributed by atoms with Gasteiger partial charge in [-0.25, -0.2) is 0 Å². The molecule has 1 aliphatic rings. The number of carbonyl (C=O) groups is 1. The van der Waals surface area contributed by atoms with Crippen LogP contribution in [0.4, 0.5) is 0 Å². The van der Waals surface area contributed by atoms with Crippen molar-refractivity contribution >= 4 is 5.91 Å². The van der Waals surface area contributed by atoms with E-state index in [-0.39, 0.29) is 18.2 Å². The number of ether oxygens (including phenoxy) is 1. The Morgan fingerprint density at radius 1 is 1.55 bits per heavy atom. The Morgan fingerprint density at radius 3 is 2.90 bits per heavy atom. The van der Waals surface area contributed by atoms with E-state index in [0.29, 0.717) is 19.6 Å². The van der Waals surface area contributed by atoms with Crippen molar-refractivity contribution in [1.29, 1.82) is 5.26 Å². The Morgan fingerprint density at radius 2 is 2.25 bits per heavy atom. The first-order valence-corrected chi connectivity index (χ1v) is 6.43. The first kappa shape index (κ1) is 14.3. The summed E-state index contributed by atoms with van der Waals surface area (Å²) >= 11 is 0. The fraction of sp³-hybridized carbons (Fsp3) is 0.429. The molecule has 0 bridgehead atoms. The van der Waals surface area contributed by atoms with Gasteiger partial charge in [-0.05, 0) is 24.1 Å². The van der Waals surface area contributed by atoms with Gasteiger partial charge in [0.05, 0.1) is 25.3 Å².